The molecule has 1 amide bonds. The predicted octanol–water partition coefficient (Wildman–Crippen LogP) is 6.40. The molecule has 0 bridgehead atoms. The van der Waals surface area contributed by atoms with Gasteiger partial charge >= 0.3 is 0 Å². The van der Waals surface area contributed by atoms with Gasteiger partial charge in [0.05, 0.1) is 23.5 Å². The SMILES string of the molecule is COCC(=O)Nc1ccc(N2C(=S)NC(c3ccccn3)C2c2cc(C)n(-c3cccc4ccccc34)c2C)cc1. The van der Waals surface area contributed by atoms with Crippen LogP contribution in [0.3, 0.4) is 0 Å². The predicted molar refractivity (Wildman–Crippen MR) is 168 cm³/mol. The number of rotatable bonds is 7. The number of thiocarbonyl (C=S) groups is 1. The number of pyridine rings is 1. The summed E-state index contributed by atoms with van der Waals surface area (Å²) in [7, 11) is 1.50. The lowest BCUT2D eigenvalue weighted by Crippen LogP contribution is -2.29. The van der Waals surface area contributed by atoms with Gasteiger partial charge in [0.2, 0.25) is 5.91 Å². The summed E-state index contributed by atoms with van der Waals surface area (Å²) in [5.41, 5.74) is 7.13. The molecule has 1 aliphatic heterocycles. The summed E-state index contributed by atoms with van der Waals surface area (Å²) in [6, 6.07) is 30.5. The maximum atomic E-state index is 12.0. The van der Waals surface area contributed by atoms with Gasteiger partial charge < -0.3 is 24.8 Å². The van der Waals surface area contributed by atoms with Crippen LogP contribution in [-0.4, -0.2) is 34.3 Å². The van der Waals surface area contributed by atoms with Crippen LogP contribution in [-0.2, 0) is 9.53 Å². The number of nitrogens with zero attached hydrogens (tertiary/aromatic N) is 3. The van der Waals surface area contributed by atoms with Crippen LogP contribution in [0, 0.1) is 13.8 Å². The number of aromatic nitrogens is 2. The lowest BCUT2D eigenvalue weighted by Gasteiger charge is -2.28. The zero-order valence-electron chi connectivity index (χ0n) is 23.2. The van der Waals surface area contributed by atoms with E-state index in [1.807, 2.05) is 48.7 Å². The van der Waals surface area contributed by atoms with E-state index in [-0.39, 0.29) is 24.6 Å². The van der Waals surface area contributed by atoms with Crippen molar-refractivity contribution in [3.63, 3.8) is 0 Å². The van der Waals surface area contributed by atoms with Crippen LogP contribution in [0.15, 0.2) is 97.2 Å². The molecule has 0 spiro atoms. The van der Waals surface area contributed by atoms with E-state index in [2.05, 4.69) is 82.5 Å². The summed E-state index contributed by atoms with van der Waals surface area (Å²) in [6.45, 7) is 4.33. The Labute approximate surface area is 244 Å². The first-order valence-electron chi connectivity index (χ1n) is 13.5. The van der Waals surface area contributed by atoms with E-state index in [1.54, 1.807) is 0 Å². The third-order valence-corrected chi connectivity index (χ3v) is 7.91. The molecule has 0 aliphatic carbocycles. The molecule has 3 aromatic carbocycles. The Balaban J connectivity index is 1.46. The van der Waals surface area contributed by atoms with Crippen molar-refractivity contribution < 1.29 is 9.53 Å². The highest BCUT2D eigenvalue weighted by atomic mass is 32.1. The first-order valence-corrected chi connectivity index (χ1v) is 13.9. The summed E-state index contributed by atoms with van der Waals surface area (Å²) in [5, 5.41) is 9.44. The van der Waals surface area contributed by atoms with Gasteiger partial charge in [-0.3, -0.25) is 9.78 Å². The fourth-order valence-corrected chi connectivity index (χ4v) is 6.19. The van der Waals surface area contributed by atoms with E-state index >= 15 is 0 Å². The summed E-state index contributed by atoms with van der Waals surface area (Å²) >= 11 is 5.95. The molecule has 1 fully saturated rings. The summed E-state index contributed by atoms with van der Waals surface area (Å²) in [5.74, 6) is -0.201. The van der Waals surface area contributed by atoms with Crippen LogP contribution >= 0.6 is 12.2 Å². The molecule has 2 atom stereocenters. The van der Waals surface area contributed by atoms with Crippen LogP contribution in [0.25, 0.3) is 16.5 Å². The number of carbonyl (C=O) groups excluding carboxylic acids is 1. The van der Waals surface area contributed by atoms with Crippen LogP contribution in [0.2, 0.25) is 0 Å². The molecule has 7 nitrogen and oxygen atoms in total. The van der Waals surface area contributed by atoms with E-state index in [9.17, 15) is 4.79 Å². The fraction of sp³-hybridized carbons (Fsp3) is 0.182. The molecule has 0 radical (unpaired) electrons. The number of benzene rings is 3. The molecule has 1 aliphatic rings. The van der Waals surface area contributed by atoms with Crippen LogP contribution in [0.5, 0.6) is 0 Å². The van der Waals surface area contributed by atoms with Gasteiger partial charge in [0.1, 0.15) is 6.61 Å². The van der Waals surface area contributed by atoms with E-state index in [1.165, 1.54) is 17.9 Å². The minimum absolute atomic E-state index is 0.00201. The highest BCUT2D eigenvalue weighted by molar-refractivity contribution is 7.80. The van der Waals surface area contributed by atoms with E-state index in [4.69, 9.17) is 21.9 Å². The molecule has 2 unspecified atom stereocenters. The fourth-order valence-electron chi connectivity index (χ4n) is 5.84. The highest BCUT2D eigenvalue weighted by Crippen LogP contribution is 2.44. The second-order valence-electron chi connectivity index (χ2n) is 10.2. The van der Waals surface area contributed by atoms with Gasteiger partial charge in [-0.15, -0.1) is 0 Å². The minimum atomic E-state index is -0.201. The first-order chi connectivity index (χ1) is 20.0. The average molecular weight is 562 g/mol. The van der Waals surface area contributed by atoms with Crippen molar-refractivity contribution in [3.05, 3.63) is 120 Å². The summed E-state index contributed by atoms with van der Waals surface area (Å²) < 4.78 is 7.27. The van der Waals surface area contributed by atoms with Gasteiger partial charge in [-0.2, -0.15) is 0 Å². The number of ether oxygens (including phenoxy) is 1. The van der Waals surface area contributed by atoms with Crippen molar-refractivity contribution in [3.8, 4) is 5.69 Å². The molecule has 6 rings (SSSR count). The smallest absolute Gasteiger partial charge is 0.250 e. The third kappa shape index (κ3) is 4.96. The van der Waals surface area contributed by atoms with E-state index < -0.39 is 0 Å². The Bertz CT molecular complexity index is 1730. The number of hydrogen-bond acceptors (Lipinski definition) is 4. The Morgan fingerprint density at radius 2 is 1.76 bits per heavy atom. The van der Waals surface area contributed by atoms with E-state index in [0.29, 0.717) is 10.8 Å². The van der Waals surface area contributed by atoms with Gasteiger partial charge in [-0.05, 0) is 85.5 Å². The number of carbonyl (C=O) groups is 1. The Morgan fingerprint density at radius 3 is 2.51 bits per heavy atom. The molecular weight excluding hydrogens is 530 g/mol. The first kappa shape index (κ1) is 26.7. The molecule has 5 aromatic rings. The van der Waals surface area contributed by atoms with Gasteiger partial charge in [-0.25, -0.2) is 0 Å². The van der Waals surface area contributed by atoms with Crippen LogP contribution < -0.4 is 15.5 Å². The molecule has 2 N–H and O–H groups in total. The topological polar surface area (TPSA) is 71.4 Å². The zero-order chi connectivity index (χ0) is 28.5. The molecule has 2 aromatic heterocycles. The van der Waals surface area contributed by atoms with Crippen molar-refractivity contribution in [1.29, 1.82) is 0 Å². The van der Waals surface area contributed by atoms with Crippen LogP contribution in [0.4, 0.5) is 11.4 Å². The maximum absolute atomic E-state index is 12.0. The molecule has 206 valence electrons. The monoisotopic (exact) mass is 561 g/mol. The number of amides is 1. The van der Waals surface area contributed by atoms with Crippen molar-refractivity contribution in [2.75, 3.05) is 23.9 Å². The number of methoxy groups -OCH3 is 1. The van der Waals surface area contributed by atoms with Crippen molar-refractivity contribution in [1.82, 2.24) is 14.9 Å². The van der Waals surface area contributed by atoms with Crippen molar-refractivity contribution in [2.24, 2.45) is 0 Å². The van der Waals surface area contributed by atoms with Gasteiger partial charge in [-0.1, -0.05) is 42.5 Å². The lowest BCUT2D eigenvalue weighted by molar-refractivity contribution is -0.119. The molecule has 3 heterocycles. The molecule has 0 saturated carbocycles. The number of anilines is 2. The number of fused-ring (bicyclic) bond motifs is 1. The largest absolute Gasteiger partial charge is 0.375 e. The Morgan fingerprint density at radius 1 is 1.00 bits per heavy atom. The van der Waals surface area contributed by atoms with E-state index in [0.717, 1.165) is 34.0 Å². The highest BCUT2D eigenvalue weighted by Gasteiger charge is 2.42. The minimum Gasteiger partial charge on any atom is -0.375 e. The number of nitrogens with one attached hydrogen (secondary N) is 2. The standard InChI is InChI=1S/C33H31N5O2S/c1-21-19-27(22(2)37(21)29-13-8-10-23-9-4-5-11-26(23)29)32-31(28-12-6-7-18-34-28)36-33(41)38(32)25-16-14-24(15-17-25)35-30(39)20-40-3/h4-19,31-32H,20H2,1-3H3,(H,35,39)(H,36,41). The van der Waals surface area contributed by atoms with Gasteiger partial charge in [0, 0.05) is 41.5 Å². The third-order valence-electron chi connectivity index (χ3n) is 7.60. The molecule has 1 saturated heterocycles. The number of aryl methyl sites for hydroxylation is 1. The normalized spacial score (nSPS) is 16.7. The molecule has 8 heteroatoms. The summed E-state index contributed by atoms with van der Waals surface area (Å²) in [6.07, 6.45) is 1.82. The Kier molecular flexibility index (Phi) is 7.26. The van der Waals surface area contributed by atoms with Gasteiger partial charge in [0.25, 0.3) is 0 Å². The average Bonchev–Trinajstić information content (AvgIpc) is 3.48. The second-order valence-corrected chi connectivity index (χ2v) is 10.6. The maximum Gasteiger partial charge on any atom is 0.250 e. The molecule has 41 heavy (non-hydrogen) atoms. The second kappa shape index (κ2) is 11.2. The number of hydrogen-bond donors (Lipinski definition) is 2. The van der Waals surface area contributed by atoms with Crippen LogP contribution in [0.1, 0.15) is 34.7 Å². The summed E-state index contributed by atoms with van der Waals surface area (Å²) in [4.78, 5) is 18.9. The molecular formula is C33H31N5O2S. The van der Waals surface area contributed by atoms with Crippen molar-refractivity contribution >= 4 is 45.4 Å². The van der Waals surface area contributed by atoms with Crippen molar-refractivity contribution in [2.45, 2.75) is 25.9 Å². The van der Waals surface area contributed by atoms with Gasteiger partial charge in [0.15, 0.2) is 5.11 Å². The lowest BCUT2D eigenvalue weighted by atomic mass is 9.96. The zero-order valence-corrected chi connectivity index (χ0v) is 24.0. The Hall–Kier alpha value is -4.53. The quantitative estimate of drug-likeness (QED) is 0.224.